The zero-order valence-corrected chi connectivity index (χ0v) is 17.1. The molecule has 1 aromatic carbocycles. The monoisotopic (exact) mass is 385 g/mol. The van der Waals surface area contributed by atoms with Gasteiger partial charge in [-0.1, -0.05) is 37.3 Å². The van der Waals surface area contributed by atoms with E-state index in [0.717, 1.165) is 18.6 Å². The summed E-state index contributed by atoms with van der Waals surface area (Å²) in [6.45, 7) is 7.38. The van der Waals surface area contributed by atoms with E-state index in [1.807, 2.05) is 51.1 Å². The van der Waals surface area contributed by atoms with Crippen molar-refractivity contribution in [2.75, 3.05) is 19.6 Å². The fraction of sp³-hybridized carbons (Fsp3) is 0.455. The molecule has 0 radical (unpaired) electrons. The first-order valence-corrected chi connectivity index (χ1v) is 9.93. The number of rotatable bonds is 10. The van der Waals surface area contributed by atoms with Gasteiger partial charge in [0.05, 0.1) is 12.8 Å². The minimum Gasteiger partial charge on any atom is -0.467 e. The van der Waals surface area contributed by atoms with Gasteiger partial charge in [0.25, 0.3) is 0 Å². The van der Waals surface area contributed by atoms with E-state index in [1.165, 1.54) is 5.56 Å². The molecule has 1 N–H and O–H groups in total. The van der Waals surface area contributed by atoms with Crippen LogP contribution in [0.2, 0.25) is 0 Å². The molecule has 0 spiro atoms. The minimum atomic E-state index is -0.203. The molecule has 6 nitrogen and oxygen atoms in total. The van der Waals surface area contributed by atoms with Crippen LogP contribution < -0.4 is 5.32 Å². The highest BCUT2D eigenvalue weighted by atomic mass is 16.3. The van der Waals surface area contributed by atoms with Gasteiger partial charge in [0.15, 0.2) is 0 Å². The molecule has 3 amide bonds. The van der Waals surface area contributed by atoms with Crippen molar-refractivity contribution >= 4 is 11.9 Å². The average molecular weight is 386 g/mol. The van der Waals surface area contributed by atoms with Gasteiger partial charge in [0.2, 0.25) is 5.91 Å². The van der Waals surface area contributed by atoms with Crippen LogP contribution >= 0.6 is 0 Å². The number of nitrogens with one attached hydrogen (secondary N) is 1. The molecule has 6 heteroatoms. The second-order valence-electron chi connectivity index (χ2n) is 6.85. The molecule has 2 rings (SSSR count). The van der Waals surface area contributed by atoms with E-state index in [1.54, 1.807) is 16.1 Å². The summed E-state index contributed by atoms with van der Waals surface area (Å²) in [5.74, 6) is 0.647. The summed E-state index contributed by atoms with van der Waals surface area (Å²) in [7, 11) is 0. The third-order valence-electron chi connectivity index (χ3n) is 4.81. The summed E-state index contributed by atoms with van der Waals surface area (Å²) in [5.41, 5.74) is 1.17. The van der Waals surface area contributed by atoms with E-state index in [0.29, 0.717) is 19.6 Å². The van der Waals surface area contributed by atoms with Crippen molar-refractivity contribution in [1.29, 1.82) is 0 Å². The zero-order chi connectivity index (χ0) is 20.4. The van der Waals surface area contributed by atoms with Crippen LogP contribution in [0.5, 0.6) is 0 Å². The Balaban J connectivity index is 2.10. The SMILES string of the molecule is CCNC(=O)N(CC(=O)N(CCc1ccccc1)Cc1ccco1)[C@H](C)CC. The normalized spacial score (nSPS) is 11.7. The zero-order valence-electron chi connectivity index (χ0n) is 17.1. The van der Waals surface area contributed by atoms with Gasteiger partial charge in [-0.05, 0) is 44.4 Å². The lowest BCUT2D eigenvalue weighted by Crippen LogP contribution is -2.50. The van der Waals surface area contributed by atoms with Crippen LogP contribution in [0.4, 0.5) is 4.79 Å². The predicted molar refractivity (Wildman–Crippen MR) is 110 cm³/mol. The van der Waals surface area contributed by atoms with Crippen LogP contribution in [0.3, 0.4) is 0 Å². The minimum absolute atomic E-state index is 0.0184. The van der Waals surface area contributed by atoms with E-state index >= 15 is 0 Å². The van der Waals surface area contributed by atoms with E-state index in [9.17, 15) is 9.59 Å². The number of hydrogen-bond acceptors (Lipinski definition) is 3. The van der Waals surface area contributed by atoms with Crippen molar-refractivity contribution in [3.05, 3.63) is 60.1 Å². The van der Waals surface area contributed by atoms with Crippen LogP contribution in [-0.4, -0.2) is 47.4 Å². The largest absolute Gasteiger partial charge is 0.467 e. The molecule has 1 heterocycles. The molecule has 1 atom stereocenters. The molecule has 0 unspecified atom stereocenters. The number of urea groups is 1. The van der Waals surface area contributed by atoms with Gasteiger partial charge in [0.1, 0.15) is 12.3 Å². The molecule has 0 fully saturated rings. The Morgan fingerprint density at radius 1 is 1.11 bits per heavy atom. The van der Waals surface area contributed by atoms with Crippen LogP contribution in [0, 0.1) is 0 Å². The molecule has 152 valence electrons. The van der Waals surface area contributed by atoms with Gasteiger partial charge in [-0.3, -0.25) is 4.79 Å². The average Bonchev–Trinajstić information content (AvgIpc) is 3.22. The van der Waals surface area contributed by atoms with Crippen molar-refractivity contribution in [1.82, 2.24) is 15.1 Å². The van der Waals surface area contributed by atoms with Crippen LogP contribution in [0.25, 0.3) is 0 Å². The first-order chi connectivity index (χ1) is 13.5. The summed E-state index contributed by atoms with van der Waals surface area (Å²) in [6.07, 6.45) is 3.14. The van der Waals surface area contributed by atoms with Crippen LogP contribution in [0.1, 0.15) is 38.5 Å². The van der Waals surface area contributed by atoms with Gasteiger partial charge in [-0.2, -0.15) is 0 Å². The summed E-state index contributed by atoms with van der Waals surface area (Å²) in [4.78, 5) is 28.9. The molecule has 28 heavy (non-hydrogen) atoms. The van der Waals surface area contributed by atoms with E-state index < -0.39 is 0 Å². The molecule has 0 saturated heterocycles. The predicted octanol–water partition coefficient (Wildman–Crippen LogP) is 3.68. The van der Waals surface area contributed by atoms with Crippen molar-refractivity contribution < 1.29 is 14.0 Å². The Kier molecular flexibility index (Phi) is 8.59. The quantitative estimate of drug-likeness (QED) is 0.678. The van der Waals surface area contributed by atoms with Crippen molar-refractivity contribution in [2.45, 2.75) is 46.2 Å². The first kappa shape index (κ1) is 21.5. The number of nitrogens with zero attached hydrogens (tertiary/aromatic N) is 2. The maximum absolute atomic E-state index is 13.1. The molecule has 1 aromatic heterocycles. The standard InChI is InChI=1S/C22H31N3O3/c1-4-18(3)25(22(27)23-5-2)17-21(26)24(16-20-12-9-15-28-20)14-13-19-10-7-6-8-11-19/h6-12,15,18H,4-5,13-14,16-17H2,1-3H3,(H,23,27)/t18-/m1/s1. The third kappa shape index (κ3) is 6.44. The molecule has 2 aromatic rings. The highest BCUT2D eigenvalue weighted by molar-refractivity contribution is 5.84. The van der Waals surface area contributed by atoms with E-state index in [-0.39, 0.29) is 24.5 Å². The Hall–Kier alpha value is -2.76. The Bertz CT molecular complexity index is 716. The van der Waals surface area contributed by atoms with Crippen molar-refractivity contribution in [3.63, 3.8) is 0 Å². The molecule has 0 aliphatic heterocycles. The molecular weight excluding hydrogens is 354 g/mol. The van der Waals surface area contributed by atoms with Gasteiger partial charge < -0.3 is 19.5 Å². The van der Waals surface area contributed by atoms with E-state index in [4.69, 9.17) is 4.42 Å². The smallest absolute Gasteiger partial charge is 0.318 e. The number of furan rings is 1. The summed E-state index contributed by atoms with van der Waals surface area (Å²) in [6, 6.07) is 13.5. The number of carbonyl (C=O) groups excluding carboxylic acids is 2. The van der Waals surface area contributed by atoms with Gasteiger partial charge in [-0.25, -0.2) is 4.79 Å². The second-order valence-corrected chi connectivity index (χ2v) is 6.85. The lowest BCUT2D eigenvalue weighted by Gasteiger charge is -2.31. The molecular formula is C22H31N3O3. The topological polar surface area (TPSA) is 65.8 Å². The molecule has 0 aliphatic carbocycles. The highest BCUT2D eigenvalue weighted by Crippen LogP contribution is 2.11. The Morgan fingerprint density at radius 2 is 1.86 bits per heavy atom. The second kappa shape index (κ2) is 11.2. The van der Waals surface area contributed by atoms with Crippen LogP contribution in [-0.2, 0) is 17.8 Å². The number of carbonyl (C=O) groups is 2. The molecule has 0 bridgehead atoms. The number of amides is 3. The molecule has 0 saturated carbocycles. The Labute approximate surface area is 167 Å². The summed E-state index contributed by atoms with van der Waals surface area (Å²) < 4.78 is 5.44. The van der Waals surface area contributed by atoms with Crippen molar-refractivity contribution in [2.24, 2.45) is 0 Å². The fourth-order valence-electron chi connectivity index (χ4n) is 2.94. The summed E-state index contributed by atoms with van der Waals surface area (Å²) in [5, 5.41) is 2.81. The van der Waals surface area contributed by atoms with Crippen molar-refractivity contribution in [3.8, 4) is 0 Å². The lowest BCUT2D eigenvalue weighted by molar-refractivity contribution is -0.133. The summed E-state index contributed by atoms with van der Waals surface area (Å²) >= 11 is 0. The Morgan fingerprint density at radius 3 is 2.46 bits per heavy atom. The van der Waals surface area contributed by atoms with Gasteiger partial charge in [-0.15, -0.1) is 0 Å². The van der Waals surface area contributed by atoms with Gasteiger partial charge >= 0.3 is 6.03 Å². The number of benzene rings is 1. The van der Waals surface area contributed by atoms with Gasteiger partial charge in [0, 0.05) is 19.1 Å². The fourth-order valence-corrected chi connectivity index (χ4v) is 2.94. The first-order valence-electron chi connectivity index (χ1n) is 9.93. The maximum atomic E-state index is 13.1. The molecule has 0 aliphatic rings. The number of hydrogen-bond donors (Lipinski definition) is 1. The van der Waals surface area contributed by atoms with E-state index in [2.05, 4.69) is 17.4 Å². The van der Waals surface area contributed by atoms with Crippen LogP contribution in [0.15, 0.2) is 53.1 Å². The maximum Gasteiger partial charge on any atom is 0.318 e. The lowest BCUT2D eigenvalue weighted by atomic mass is 10.1. The highest BCUT2D eigenvalue weighted by Gasteiger charge is 2.24. The third-order valence-corrected chi connectivity index (χ3v) is 4.81.